The molecule has 1 aliphatic heterocycles. The third-order valence-electron chi connectivity index (χ3n) is 6.91. The highest BCUT2D eigenvalue weighted by atomic mass is 16.4. The van der Waals surface area contributed by atoms with Gasteiger partial charge in [0.15, 0.2) is 0 Å². The van der Waals surface area contributed by atoms with Crippen LogP contribution in [0, 0.1) is 11.3 Å². The summed E-state index contributed by atoms with van der Waals surface area (Å²) < 4.78 is 2.21. The predicted molar refractivity (Wildman–Crippen MR) is 95.8 cm³/mol. The minimum atomic E-state index is -0.951. The number of hydrogen-bond acceptors (Lipinski definition) is 3. The molecular weight excluding hydrogens is 330 g/mol. The molecule has 2 heterocycles. The predicted octanol–water partition coefficient (Wildman–Crippen LogP) is 3.03. The Labute approximate surface area is 151 Å². The van der Waals surface area contributed by atoms with Crippen LogP contribution in [0.1, 0.15) is 43.7 Å². The molecule has 2 fully saturated rings. The molecule has 26 heavy (non-hydrogen) atoms. The highest BCUT2D eigenvalue weighted by Gasteiger charge is 2.57. The van der Waals surface area contributed by atoms with Gasteiger partial charge in [0.05, 0.1) is 30.4 Å². The number of amides is 1. The Morgan fingerprint density at radius 1 is 1.27 bits per heavy atom. The van der Waals surface area contributed by atoms with Gasteiger partial charge in [-0.2, -0.15) is 0 Å². The molecule has 3 N–H and O–H groups in total. The van der Waals surface area contributed by atoms with Gasteiger partial charge in [0, 0.05) is 17.5 Å². The third kappa shape index (κ3) is 2.14. The van der Waals surface area contributed by atoms with Crippen LogP contribution in [0.25, 0.3) is 11.3 Å². The first kappa shape index (κ1) is 15.9. The second-order valence-corrected chi connectivity index (χ2v) is 8.12. The van der Waals surface area contributed by atoms with Crippen LogP contribution in [0.2, 0.25) is 0 Å². The summed E-state index contributed by atoms with van der Waals surface area (Å²) >= 11 is 0. The summed E-state index contributed by atoms with van der Waals surface area (Å²) in [5.74, 6) is 0.190. The molecule has 5 rings (SSSR count). The van der Waals surface area contributed by atoms with Crippen molar-refractivity contribution in [2.75, 3.05) is 0 Å². The standard InChI is InChI=1S/C20H23N3O3/c24-18-15(9-20(18)7-5-12(6-8-20)22-19(25)26)17-14-4-2-1-3-13(14)16-10-21-11-23(16)17/h1-4,10-12,15,17-18,22,24H,5-9H2,(H,25,26)/t12?,15-,17+,18+,20?/m0/s1. The van der Waals surface area contributed by atoms with Crippen molar-refractivity contribution in [3.63, 3.8) is 0 Å². The Morgan fingerprint density at radius 3 is 2.77 bits per heavy atom. The Bertz CT molecular complexity index is 853. The summed E-state index contributed by atoms with van der Waals surface area (Å²) in [6.45, 7) is 0. The van der Waals surface area contributed by atoms with Gasteiger partial charge >= 0.3 is 6.09 Å². The molecule has 2 aromatic rings. The summed E-state index contributed by atoms with van der Waals surface area (Å²) in [7, 11) is 0. The Kier molecular flexibility index (Phi) is 3.41. The smallest absolute Gasteiger partial charge is 0.404 e. The molecule has 6 heteroatoms. The maximum absolute atomic E-state index is 11.1. The van der Waals surface area contributed by atoms with Crippen LogP contribution in [-0.2, 0) is 0 Å². The topological polar surface area (TPSA) is 87.4 Å². The fraction of sp³-hybridized carbons (Fsp3) is 0.500. The van der Waals surface area contributed by atoms with Crippen molar-refractivity contribution in [3.05, 3.63) is 42.4 Å². The number of nitrogens with zero attached hydrogens (tertiary/aromatic N) is 2. The van der Waals surface area contributed by atoms with E-state index in [4.69, 9.17) is 5.11 Å². The number of aliphatic hydroxyl groups is 1. The van der Waals surface area contributed by atoms with E-state index in [1.165, 1.54) is 11.1 Å². The molecule has 0 bridgehead atoms. The maximum Gasteiger partial charge on any atom is 0.404 e. The lowest BCUT2D eigenvalue weighted by molar-refractivity contribution is -0.152. The molecule has 1 aromatic carbocycles. The summed E-state index contributed by atoms with van der Waals surface area (Å²) in [6, 6.07) is 8.59. The number of nitrogens with one attached hydrogen (secondary N) is 1. The number of aliphatic hydroxyl groups excluding tert-OH is 1. The highest BCUT2D eigenvalue weighted by molar-refractivity contribution is 5.69. The molecule has 2 saturated carbocycles. The average molecular weight is 353 g/mol. The van der Waals surface area contributed by atoms with Gasteiger partial charge in [-0.3, -0.25) is 0 Å². The molecule has 2 aliphatic carbocycles. The zero-order valence-electron chi connectivity index (χ0n) is 14.5. The van der Waals surface area contributed by atoms with Crippen LogP contribution < -0.4 is 5.32 Å². The van der Waals surface area contributed by atoms with Gasteiger partial charge in [-0.25, -0.2) is 9.78 Å². The van der Waals surface area contributed by atoms with E-state index >= 15 is 0 Å². The summed E-state index contributed by atoms with van der Waals surface area (Å²) in [5, 5.41) is 22.6. The fourth-order valence-corrected chi connectivity index (χ4v) is 5.60. The van der Waals surface area contributed by atoms with E-state index in [1.54, 1.807) is 0 Å². The van der Waals surface area contributed by atoms with Crippen LogP contribution in [0.15, 0.2) is 36.8 Å². The fourth-order valence-electron chi connectivity index (χ4n) is 5.60. The summed E-state index contributed by atoms with van der Waals surface area (Å²) in [6.07, 6.45) is 6.88. The minimum Gasteiger partial charge on any atom is -0.465 e. The number of aromatic nitrogens is 2. The minimum absolute atomic E-state index is 0.0248. The molecule has 0 unspecified atom stereocenters. The van der Waals surface area contributed by atoms with Gasteiger partial charge in [-0.05, 0) is 43.1 Å². The zero-order valence-corrected chi connectivity index (χ0v) is 14.5. The lowest BCUT2D eigenvalue weighted by atomic mass is 9.51. The molecule has 1 aromatic heterocycles. The Hall–Kier alpha value is -2.34. The first-order chi connectivity index (χ1) is 12.6. The first-order valence-corrected chi connectivity index (χ1v) is 9.38. The number of rotatable bonds is 2. The number of carboxylic acid groups (broad SMARTS) is 1. The van der Waals surface area contributed by atoms with Crippen LogP contribution in [-0.4, -0.2) is 38.0 Å². The van der Waals surface area contributed by atoms with Crippen molar-refractivity contribution in [2.45, 2.75) is 50.3 Å². The molecule has 3 atom stereocenters. The van der Waals surface area contributed by atoms with E-state index in [2.05, 4.69) is 33.1 Å². The molecule has 6 nitrogen and oxygen atoms in total. The van der Waals surface area contributed by atoms with E-state index in [1.807, 2.05) is 18.6 Å². The maximum atomic E-state index is 11.1. The zero-order chi connectivity index (χ0) is 17.9. The molecular formula is C20H23N3O3. The number of imidazole rings is 1. The Morgan fingerprint density at radius 2 is 2.04 bits per heavy atom. The first-order valence-electron chi connectivity index (χ1n) is 9.38. The van der Waals surface area contributed by atoms with Crippen molar-refractivity contribution in [2.24, 2.45) is 11.3 Å². The highest BCUT2D eigenvalue weighted by Crippen LogP contribution is 2.60. The lowest BCUT2D eigenvalue weighted by Crippen LogP contribution is -2.57. The molecule has 0 saturated heterocycles. The number of carbonyl (C=O) groups is 1. The van der Waals surface area contributed by atoms with Crippen LogP contribution >= 0.6 is 0 Å². The largest absolute Gasteiger partial charge is 0.465 e. The molecule has 3 aliphatic rings. The van der Waals surface area contributed by atoms with Gasteiger partial charge < -0.3 is 20.1 Å². The van der Waals surface area contributed by atoms with Gasteiger partial charge in [0.1, 0.15) is 0 Å². The van der Waals surface area contributed by atoms with E-state index in [-0.39, 0.29) is 29.5 Å². The Balaban J connectivity index is 1.36. The second-order valence-electron chi connectivity index (χ2n) is 8.12. The van der Waals surface area contributed by atoms with Crippen molar-refractivity contribution in [3.8, 4) is 11.3 Å². The van der Waals surface area contributed by atoms with Crippen LogP contribution in [0.4, 0.5) is 4.79 Å². The lowest BCUT2D eigenvalue weighted by Gasteiger charge is -2.57. The number of fused-ring (bicyclic) bond motifs is 3. The summed E-state index contributed by atoms with van der Waals surface area (Å²) in [4.78, 5) is 15.2. The molecule has 1 spiro atoms. The third-order valence-corrected chi connectivity index (χ3v) is 6.91. The quantitative estimate of drug-likeness (QED) is 0.774. The van der Waals surface area contributed by atoms with E-state index < -0.39 is 6.09 Å². The van der Waals surface area contributed by atoms with Crippen molar-refractivity contribution in [1.82, 2.24) is 14.9 Å². The molecule has 0 radical (unpaired) electrons. The monoisotopic (exact) mass is 353 g/mol. The van der Waals surface area contributed by atoms with E-state index in [0.717, 1.165) is 37.8 Å². The van der Waals surface area contributed by atoms with Crippen LogP contribution in [0.3, 0.4) is 0 Å². The number of benzene rings is 1. The van der Waals surface area contributed by atoms with Gasteiger partial charge in [0.25, 0.3) is 0 Å². The van der Waals surface area contributed by atoms with Gasteiger partial charge in [0.2, 0.25) is 0 Å². The van der Waals surface area contributed by atoms with Crippen molar-refractivity contribution in [1.29, 1.82) is 0 Å². The van der Waals surface area contributed by atoms with Crippen molar-refractivity contribution >= 4 is 6.09 Å². The number of hydrogen-bond donors (Lipinski definition) is 3. The van der Waals surface area contributed by atoms with Gasteiger partial charge in [-0.1, -0.05) is 24.3 Å². The van der Waals surface area contributed by atoms with Gasteiger partial charge in [-0.15, -0.1) is 0 Å². The second kappa shape index (κ2) is 5.58. The van der Waals surface area contributed by atoms with E-state index in [9.17, 15) is 9.90 Å². The molecule has 1 amide bonds. The average Bonchev–Trinajstić information content (AvgIpc) is 3.22. The molecule has 136 valence electrons. The van der Waals surface area contributed by atoms with Crippen LogP contribution in [0.5, 0.6) is 0 Å². The van der Waals surface area contributed by atoms with Crippen molar-refractivity contribution < 1.29 is 15.0 Å². The summed E-state index contributed by atoms with van der Waals surface area (Å²) in [5.41, 5.74) is 3.59. The normalized spacial score (nSPS) is 34.8. The van der Waals surface area contributed by atoms with E-state index in [0.29, 0.717) is 0 Å². The SMILES string of the molecule is O=C(O)NC1CCC2(CC1)C[C@@H]([C@H]1c3ccccc3-c3cncn31)[C@H]2O.